The van der Waals surface area contributed by atoms with Gasteiger partial charge in [-0.1, -0.05) is 36.4 Å². The summed E-state index contributed by atoms with van der Waals surface area (Å²) in [5.41, 5.74) is 2.39. The number of ether oxygens (including phenoxy) is 3. The number of hydrogen-bond donors (Lipinski definition) is 0. The van der Waals surface area contributed by atoms with Crippen molar-refractivity contribution in [1.29, 1.82) is 0 Å². The molecule has 3 heterocycles. The number of aryl methyl sites for hydroxylation is 1. The maximum absolute atomic E-state index is 12.8. The third kappa shape index (κ3) is 5.91. The number of pyridine rings is 1. The van der Waals surface area contributed by atoms with Gasteiger partial charge in [0.15, 0.2) is 0 Å². The van der Waals surface area contributed by atoms with Gasteiger partial charge in [-0.2, -0.15) is 0 Å². The van der Waals surface area contributed by atoms with Crippen molar-refractivity contribution in [1.82, 2.24) is 9.88 Å². The minimum atomic E-state index is -0.176. The fourth-order valence-electron chi connectivity index (χ4n) is 4.45. The Kier molecular flexibility index (Phi) is 7.33. The highest BCUT2D eigenvalue weighted by Gasteiger charge is 2.41. The highest BCUT2D eigenvalue weighted by Crippen LogP contribution is 2.36. The number of likely N-dealkylation sites (tertiary alicyclic amines) is 1. The van der Waals surface area contributed by atoms with Crippen LogP contribution in [0.4, 0.5) is 0 Å². The van der Waals surface area contributed by atoms with E-state index in [0.717, 1.165) is 31.4 Å². The Morgan fingerprint density at radius 1 is 1.13 bits per heavy atom. The molecule has 0 saturated carbocycles. The zero-order valence-electron chi connectivity index (χ0n) is 18.3. The highest BCUT2D eigenvalue weighted by atomic mass is 16.5. The molecule has 31 heavy (non-hydrogen) atoms. The van der Waals surface area contributed by atoms with Crippen molar-refractivity contribution in [3.05, 3.63) is 65.5 Å². The zero-order chi connectivity index (χ0) is 21.5. The number of aromatic nitrogens is 1. The molecule has 0 N–H and O–H groups in total. The zero-order valence-corrected chi connectivity index (χ0v) is 18.3. The van der Waals surface area contributed by atoms with Crippen LogP contribution in [0.2, 0.25) is 0 Å². The number of carbonyl (C=O) groups is 1. The second-order valence-corrected chi connectivity index (χ2v) is 8.51. The van der Waals surface area contributed by atoms with E-state index in [1.807, 2.05) is 42.2 Å². The van der Waals surface area contributed by atoms with Crippen LogP contribution >= 0.6 is 0 Å². The van der Waals surface area contributed by atoms with Gasteiger partial charge in [0, 0.05) is 31.8 Å². The van der Waals surface area contributed by atoms with Gasteiger partial charge >= 0.3 is 0 Å². The van der Waals surface area contributed by atoms with Gasteiger partial charge in [0.1, 0.15) is 5.69 Å². The molecule has 4 rings (SSSR count). The molecule has 6 nitrogen and oxygen atoms in total. The minimum Gasteiger partial charge on any atom is -0.376 e. The van der Waals surface area contributed by atoms with E-state index < -0.39 is 0 Å². The Hall–Kier alpha value is -2.28. The van der Waals surface area contributed by atoms with Crippen LogP contribution in [0.25, 0.3) is 0 Å². The van der Waals surface area contributed by atoms with Crippen molar-refractivity contribution >= 4 is 5.91 Å². The molecule has 1 spiro atoms. The molecule has 2 aromatic rings. The van der Waals surface area contributed by atoms with Gasteiger partial charge in [-0.3, -0.25) is 4.79 Å². The molecule has 0 radical (unpaired) electrons. The SMILES string of the molecule is Cc1cccc(C(=O)N2CCC3(CC2)CC(OCCOCc2ccccc2)CCO3)n1. The van der Waals surface area contributed by atoms with Gasteiger partial charge in [0.05, 0.1) is 31.5 Å². The molecule has 166 valence electrons. The summed E-state index contributed by atoms with van der Waals surface area (Å²) in [4.78, 5) is 19.1. The van der Waals surface area contributed by atoms with Crippen LogP contribution in [0.1, 0.15) is 47.4 Å². The number of hydrogen-bond acceptors (Lipinski definition) is 5. The topological polar surface area (TPSA) is 60.9 Å². The molecule has 1 aromatic carbocycles. The predicted molar refractivity (Wildman–Crippen MR) is 118 cm³/mol. The number of rotatable bonds is 7. The van der Waals surface area contributed by atoms with E-state index >= 15 is 0 Å². The summed E-state index contributed by atoms with van der Waals surface area (Å²) in [6, 6.07) is 15.8. The van der Waals surface area contributed by atoms with Crippen LogP contribution < -0.4 is 0 Å². The second kappa shape index (κ2) is 10.4. The molecule has 1 unspecified atom stereocenters. The van der Waals surface area contributed by atoms with Crippen LogP contribution in [0.15, 0.2) is 48.5 Å². The first-order valence-electron chi connectivity index (χ1n) is 11.2. The van der Waals surface area contributed by atoms with E-state index in [4.69, 9.17) is 14.2 Å². The summed E-state index contributed by atoms with van der Waals surface area (Å²) < 4.78 is 18.1. The molecule has 1 amide bonds. The molecular weight excluding hydrogens is 392 g/mol. The van der Waals surface area contributed by atoms with Crippen LogP contribution in [0.3, 0.4) is 0 Å². The monoisotopic (exact) mass is 424 g/mol. The average molecular weight is 425 g/mol. The second-order valence-electron chi connectivity index (χ2n) is 8.51. The maximum atomic E-state index is 12.8. The number of nitrogens with zero attached hydrogens (tertiary/aromatic N) is 2. The Bertz CT molecular complexity index is 850. The first-order chi connectivity index (χ1) is 15.1. The largest absolute Gasteiger partial charge is 0.376 e. The quantitative estimate of drug-likeness (QED) is 0.633. The molecule has 1 atom stereocenters. The highest BCUT2D eigenvalue weighted by molar-refractivity contribution is 5.92. The standard InChI is InChI=1S/C25H32N2O4/c1-20-6-5-9-23(26-20)24(28)27-13-11-25(12-14-27)18-22(10-15-31-25)30-17-16-29-19-21-7-3-2-4-8-21/h2-9,22H,10-19H2,1H3. The van der Waals surface area contributed by atoms with Crippen LogP contribution in [0.5, 0.6) is 0 Å². The van der Waals surface area contributed by atoms with Gasteiger partial charge < -0.3 is 19.1 Å². The molecule has 2 aliphatic heterocycles. The van der Waals surface area contributed by atoms with E-state index in [-0.39, 0.29) is 17.6 Å². The van der Waals surface area contributed by atoms with Crippen molar-refractivity contribution in [2.75, 3.05) is 32.9 Å². The first kappa shape index (κ1) is 21.9. The van der Waals surface area contributed by atoms with E-state index in [2.05, 4.69) is 17.1 Å². The van der Waals surface area contributed by atoms with Crippen molar-refractivity contribution < 1.29 is 19.0 Å². The van der Waals surface area contributed by atoms with Crippen molar-refractivity contribution in [3.63, 3.8) is 0 Å². The predicted octanol–water partition coefficient (Wildman–Crippen LogP) is 3.78. The van der Waals surface area contributed by atoms with E-state index in [0.29, 0.717) is 45.2 Å². The van der Waals surface area contributed by atoms with Gasteiger partial charge in [0.25, 0.3) is 5.91 Å². The third-order valence-electron chi connectivity index (χ3n) is 6.21. The van der Waals surface area contributed by atoms with Crippen molar-refractivity contribution in [2.24, 2.45) is 0 Å². The molecular formula is C25H32N2O4. The lowest BCUT2D eigenvalue weighted by Crippen LogP contribution is -2.52. The molecule has 2 fully saturated rings. The lowest BCUT2D eigenvalue weighted by atomic mass is 9.83. The van der Waals surface area contributed by atoms with Crippen LogP contribution in [-0.2, 0) is 20.8 Å². The lowest BCUT2D eigenvalue weighted by Gasteiger charge is -2.46. The molecule has 0 aliphatic carbocycles. The lowest BCUT2D eigenvalue weighted by molar-refractivity contribution is -0.155. The molecule has 6 heteroatoms. The van der Waals surface area contributed by atoms with E-state index in [1.165, 1.54) is 5.56 Å². The molecule has 1 aromatic heterocycles. The number of piperidine rings is 1. The molecule has 2 saturated heterocycles. The average Bonchev–Trinajstić information content (AvgIpc) is 2.80. The summed E-state index contributed by atoms with van der Waals surface area (Å²) in [5.74, 6) is 0.0118. The van der Waals surface area contributed by atoms with Crippen molar-refractivity contribution in [2.45, 2.75) is 50.9 Å². The third-order valence-corrected chi connectivity index (χ3v) is 6.21. The summed E-state index contributed by atoms with van der Waals surface area (Å²) in [7, 11) is 0. The minimum absolute atomic E-state index is 0.0118. The van der Waals surface area contributed by atoms with Crippen LogP contribution in [-0.4, -0.2) is 60.4 Å². The summed E-state index contributed by atoms with van der Waals surface area (Å²) in [6.07, 6.45) is 3.67. The summed E-state index contributed by atoms with van der Waals surface area (Å²) >= 11 is 0. The molecule has 0 bridgehead atoms. The smallest absolute Gasteiger partial charge is 0.272 e. The fraction of sp³-hybridized carbons (Fsp3) is 0.520. The molecule has 2 aliphatic rings. The maximum Gasteiger partial charge on any atom is 0.272 e. The van der Waals surface area contributed by atoms with Gasteiger partial charge in [0.2, 0.25) is 0 Å². The normalized spacial score (nSPS) is 20.7. The Balaban J connectivity index is 1.20. The van der Waals surface area contributed by atoms with Crippen molar-refractivity contribution in [3.8, 4) is 0 Å². The number of benzene rings is 1. The van der Waals surface area contributed by atoms with E-state index in [9.17, 15) is 4.79 Å². The van der Waals surface area contributed by atoms with Crippen LogP contribution in [0, 0.1) is 6.92 Å². The summed E-state index contributed by atoms with van der Waals surface area (Å²) in [5, 5.41) is 0. The van der Waals surface area contributed by atoms with Gasteiger partial charge in [-0.25, -0.2) is 4.98 Å². The van der Waals surface area contributed by atoms with E-state index in [1.54, 1.807) is 6.07 Å². The summed E-state index contributed by atoms with van der Waals surface area (Å²) in [6.45, 7) is 5.81. The fourth-order valence-corrected chi connectivity index (χ4v) is 4.45. The Labute approximate surface area is 184 Å². The first-order valence-corrected chi connectivity index (χ1v) is 11.2. The van der Waals surface area contributed by atoms with Gasteiger partial charge in [-0.15, -0.1) is 0 Å². The Morgan fingerprint density at radius 3 is 2.71 bits per heavy atom. The number of carbonyl (C=O) groups excluding carboxylic acids is 1. The number of amides is 1. The van der Waals surface area contributed by atoms with Gasteiger partial charge in [-0.05, 0) is 43.9 Å². The Morgan fingerprint density at radius 2 is 1.94 bits per heavy atom.